The van der Waals surface area contributed by atoms with Crippen molar-refractivity contribution in [2.24, 2.45) is 5.73 Å². The first-order chi connectivity index (χ1) is 10.9. The first-order valence-corrected chi connectivity index (χ1v) is 8.20. The minimum atomic E-state index is -0.466. The molecular weight excluding hydrogens is 312 g/mol. The van der Waals surface area contributed by atoms with E-state index < -0.39 is 5.91 Å². The number of ether oxygens (including phenoxy) is 1. The number of primary amides is 1. The molecule has 1 aromatic heterocycles. The lowest BCUT2D eigenvalue weighted by Crippen LogP contribution is -2.25. The molecule has 0 spiro atoms. The van der Waals surface area contributed by atoms with Crippen LogP contribution in [0.15, 0.2) is 41.1 Å². The zero-order valence-corrected chi connectivity index (χ0v) is 13.8. The highest BCUT2D eigenvalue weighted by atomic mass is 32.1. The van der Waals surface area contributed by atoms with Gasteiger partial charge in [-0.05, 0) is 49.7 Å². The summed E-state index contributed by atoms with van der Waals surface area (Å²) in [7, 11) is 1.93. The summed E-state index contributed by atoms with van der Waals surface area (Å²) in [4.78, 5) is 25.6. The molecule has 3 rings (SSSR count). The lowest BCUT2D eigenvalue weighted by molar-refractivity contribution is 0.0971. The van der Waals surface area contributed by atoms with Gasteiger partial charge in [-0.1, -0.05) is 0 Å². The fourth-order valence-corrected chi connectivity index (χ4v) is 3.39. The maximum Gasteiger partial charge on any atom is 0.248 e. The average Bonchev–Trinajstić information content (AvgIpc) is 2.94. The smallest absolute Gasteiger partial charge is 0.248 e. The molecular formula is C17H18N2O3S. The Morgan fingerprint density at radius 3 is 2.52 bits per heavy atom. The third kappa shape index (κ3) is 2.87. The number of amides is 1. The molecule has 1 aromatic carbocycles. The molecule has 2 heterocycles. The second kappa shape index (κ2) is 5.79. The maximum atomic E-state index is 12.5. The van der Waals surface area contributed by atoms with E-state index in [4.69, 9.17) is 10.5 Å². The summed E-state index contributed by atoms with van der Waals surface area (Å²) in [6.07, 6.45) is 0. The van der Waals surface area contributed by atoms with Gasteiger partial charge in [0.1, 0.15) is 12.4 Å². The summed E-state index contributed by atoms with van der Waals surface area (Å²) in [6.45, 7) is 2.42. The van der Waals surface area contributed by atoms with Gasteiger partial charge in [-0.15, -0.1) is 0 Å². The number of carbonyl (C=O) groups is 2. The van der Waals surface area contributed by atoms with Crippen molar-refractivity contribution < 1.29 is 14.3 Å². The molecule has 0 aliphatic carbocycles. The van der Waals surface area contributed by atoms with Gasteiger partial charge in [-0.25, -0.2) is 0 Å². The predicted molar refractivity (Wildman–Crippen MR) is 89.1 cm³/mol. The number of carbonyl (C=O) groups excluding carboxylic acids is 2. The van der Waals surface area contributed by atoms with Gasteiger partial charge in [-0.3, -0.25) is 14.5 Å². The van der Waals surface area contributed by atoms with Crippen molar-refractivity contribution in [2.45, 2.75) is 18.5 Å². The number of hydrogen-bond donors (Lipinski definition) is 1. The Bertz CT molecular complexity index is 727. The van der Waals surface area contributed by atoms with Crippen LogP contribution < -0.4 is 10.5 Å². The molecule has 0 radical (unpaired) electrons. The summed E-state index contributed by atoms with van der Waals surface area (Å²) in [5.74, 6) is 0.314. The topological polar surface area (TPSA) is 72.4 Å². The summed E-state index contributed by atoms with van der Waals surface area (Å²) in [5.41, 5.74) is 6.09. The SMILES string of the molecule is CN1C(C(=O)c2ccsc2)[C@]1(C)COc1ccc(C(N)=O)cc1. The Morgan fingerprint density at radius 2 is 1.96 bits per heavy atom. The normalized spacial score (nSPS) is 25.8. The fourth-order valence-electron chi connectivity index (χ4n) is 2.75. The van der Waals surface area contributed by atoms with Gasteiger partial charge in [0.15, 0.2) is 5.78 Å². The summed E-state index contributed by atoms with van der Waals surface area (Å²) < 4.78 is 5.79. The molecule has 1 fully saturated rings. The number of likely N-dealkylation sites (N-methyl/N-ethyl adjacent to an activating group) is 1. The Morgan fingerprint density at radius 1 is 1.26 bits per heavy atom. The van der Waals surface area contributed by atoms with Gasteiger partial charge >= 0.3 is 0 Å². The number of thiophene rings is 1. The third-order valence-corrected chi connectivity index (χ3v) is 5.12. The predicted octanol–water partition coefficient (Wildman–Crippen LogP) is 2.18. The molecule has 5 nitrogen and oxygen atoms in total. The van der Waals surface area contributed by atoms with Gasteiger partial charge in [0, 0.05) is 16.5 Å². The summed E-state index contributed by atoms with van der Waals surface area (Å²) >= 11 is 1.52. The van der Waals surface area contributed by atoms with E-state index in [1.54, 1.807) is 24.3 Å². The molecule has 6 heteroatoms. The monoisotopic (exact) mass is 330 g/mol. The second-order valence-corrected chi connectivity index (χ2v) is 6.70. The molecule has 2 unspecified atom stereocenters. The molecule has 0 saturated carbocycles. The fraction of sp³-hybridized carbons (Fsp3) is 0.294. The molecule has 1 aliphatic heterocycles. The molecule has 2 N–H and O–H groups in total. The van der Waals surface area contributed by atoms with Gasteiger partial charge < -0.3 is 10.5 Å². The average molecular weight is 330 g/mol. The van der Waals surface area contributed by atoms with Crippen LogP contribution in [0, 0.1) is 0 Å². The van der Waals surface area contributed by atoms with E-state index in [1.807, 2.05) is 35.7 Å². The van der Waals surface area contributed by atoms with Crippen LogP contribution in [0.3, 0.4) is 0 Å². The van der Waals surface area contributed by atoms with Crippen LogP contribution in [0.25, 0.3) is 0 Å². The van der Waals surface area contributed by atoms with Crippen molar-refractivity contribution in [1.82, 2.24) is 4.90 Å². The number of hydrogen-bond acceptors (Lipinski definition) is 5. The first-order valence-electron chi connectivity index (χ1n) is 7.25. The number of rotatable bonds is 6. The van der Waals surface area contributed by atoms with Gasteiger partial charge in [0.25, 0.3) is 0 Å². The van der Waals surface area contributed by atoms with Crippen LogP contribution in [-0.4, -0.2) is 41.8 Å². The van der Waals surface area contributed by atoms with Crippen molar-refractivity contribution in [3.8, 4) is 5.75 Å². The van der Waals surface area contributed by atoms with Crippen molar-refractivity contribution in [3.05, 3.63) is 52.2 Å². The number of nitrogens with zero attached hydrogens (tertiary/aromatic N) is 1. The van der Waals surface area contributed by atoms with E-state index in [0.29, 0.717) is 17.9 Å². The Hall–Kier alpha value is -2.18. The highest BCUT2D eigenvalue weighted by Gasteiger charge is 2.61. The molecule has 120 valence electrons. The van der Waals surface area contributed by atoms with E-state index in [0.717, 1.165) is 5.56 Å². The van der Waals surface area contributed by atoms with Crippen LogP contribution >= 0.6 is 11.3 Å². The molecule has 2 aromatic rings. The van der Waals surface area contributed by atoms with Gasteiger partial charge in [0.2, 0.25) is 5.91 Å². The van der Waals surface area contributed by atoms with Crippen LogP contribution in [0.2, 0.25) is 0 Å². The largest absolute Gasteiger partial charge is 0.492 e. The van der Waals surface area contributed by atoms with Crippen LogP contribution in [-0.2, 0) is 0 Å². The Kier molecular flexibility index (Phi) is 3.95. The second-order valence-electron chi connectivity index (χ2n) is 5.92. The Labute approximate surface area is 138 Å². The van der Waals surface area contributed by atoms with Crippen molar-refractivity contribution in [2.75, 3.05) is 13.7 Å². The van der Waals surface area contributed by atoms with Crippen LogP contribution in [0.4, 0.5) is 0 Å². The Balaban J connectivity index is 1.64. The lowest BCUT2D eigenvalue weighted by atomic mass is 10.0. The van der Waals surface area contributed by atoms with Crippen LogP contribution in [0.1, 0.15) is 27.6 Å². The third-order valence-electron chi connectivity index (χ3n) is 4.44. The van der Waals surface area contributed by atoms with E-state index in [1.165, 1.54) is 11.3 Å². The molecule has 23 heavy (non-hydrogen) atoms. The zero-order valence-electron chi connectivity index (χ0n) is 13.0. The number of Topliss-reactive ketones (excluding diaryl/α,β-unsaturated/α-hetero) is 1. The minimum absolute atomic E-state index is 0.129. The van der Waals surface area contributed by atoms with Crippen molar-refractivity contribution in [1.29, 1.82) is 0 Å². The van der Waals surface area contributed by atoms with Crippen molar-refractivity contribution >= 4 is 23.0 Å². The quantitative estimate of drug-likeness (QED) is 0.651. The highest BCUT2D eigenvalue weighted by Crippen LogP contribution is 2.41. The van der Waals surface area contributed by atoms with E-state index in [2.05, 4.69) is 0 Å². The maximum absolute atomic E-state index is 12.5. The number of benzene rings is 1. The lowest BCUT2D eigenvalue weighted by Gasteiger charge is -2.12. The van der Waals surface area contributed by atoms with Gasteiger partial charge in [0.05, 0.1) is 11.6 Å². The first kappa shape index (κ1) is 15.7. The zero-order chi connectivity index (χ0) is 16.6. The highest BCUT2D eigenvalue weighted by molar-refractivity contribution is 7.08. The summed E-state index contributed by atoms with van der Waals surface area (Å²) in [5, 5.41) is 3.78. The van der Waals surface area contributed by atoms with E-state index in [9.17, 15) is 9.59 Å². The van der Waals surface area contributed by atoms with E-state index >= 15 is 0 Å². The molecule has 1 saturated heterocycles. The molecule has 0 bridgehead atoms. The minimum Gasteiger partial charge on any atom is -0.492 e. The van der Waals surface area contributed by atoms with Crippen LogP contribution in [0.5, 0.6) is 5.75 Å². The summed E-state index contributed by atoms with van der Waals surface area (Å²) in [6, 6.07) is 8.36. The number of ketones is 1. The van der Waals surface area contributed by atoms with Gasteiger partial charge in [-0.2, -0.15) is 11.3 Å². The number of nitrogens with two attached hydrogens (primary N) is 1. The van der Waals surface area contributed by atoms with Crippen molar-refractivity contribution in [3.63, 3.8) is 0 Å². The van der Waals surface area contributed by atoms with E-state index in [-0.39, 0.29) is 17.4 Å². The molecule has 1 aliphatic rings. The molecule has 3 atom stereocenters. The molecule has 1 amide bonds. The standard InChI is InChI=1S/C17H18N2O3S/c1-17(10-22-13-5-3-11(4-6-13)16(18)21)15(19(17)2)14(20)12-7-8-23-9-12/h3-9,15H,10H2,1-2H3,(H2,18,21)/t15?,17-,19?/m0/s1.